The predicted octanol–water partition coefficient (Wildman–Crippen LogP) is 1.71. The second-order valence-corrected chi connectivity index (χ2v) is 9.76. The third-order valence-corrected chi connectivity index (χ3v) is 6.60. The zero-order valence-electron chi connectivity index (χ0n) is 21.8. The minimum atomic E-state index is -0.848. The summed E-state index contributed by atoms with van der Waals surface area (Å²) in [4.78, 5) is 24.3. The van der Waals surface area contributed by atoms with Crippen molar-refractivity contribution in [2.75, 3.05) is 39.8 Å². The molecule has 4 aliphatic rings. The van der Waals surface area contributed by atoms with E-state index in [4.69, 9.17) is 29.2 Å². The van der Waals surface area contributed by atoms with E-state index in [2.05, 4.69) is 5.32 Å². The van der Waals surface area contributed by atoms with Gasteiger partial charge in [-0.3, -0.25) is 9.59 Å². The summed E-state index contributed by atoms with van der Waals surface area (Å²) in [7, 11) is 0. The molecule has 4 N–H and O–H groups in total. The first kappa shape index (κ1) is 28.5. The summed E-state index contributed by atoms with van der Waals surface area (Å²) in [5.74, 6) is 1.93. The summed E-state index contributed by atoms with van der Waals surface area (Å²) in [6.07, 6.45) is 3.65. The van der Waals surface area contributed by atoms with Gasteiger partial charge in [0.2, 0.25) is 19.5 Å². The molecule has 0 bridgehead atoms. The van der Waals surface area contributed by atoms with Crippen molar-refractivity contribution >= 4 is 11.9 Å². The van der Waals surface area contributed by atoms with Crippen LogP contribution in [0.2, 0.25) is 0 Å². The Morgan fingerprint density at radius 3 is 1.92 bits per heavy atom. The maximum absolute atomic E-state index is 12.2. The van der Waals surface area contributed by atoms with Crippen molar-refractivity contribution in [3.63, 3.8) is 0 Å². The van der Waals surface area contributed by atoms with Crippen LogP contribution in [0.4, 0.5) is 0 Å². The van der Waals surface area contributed by atoms with Crippen molar-refractivity contribution < 1.29 is 43.9 Å². The van der Waals surface area contributed by atoms with Crippen LogP contribution in [0.5, 0.6) is 23.0 Å². The SMILES string of the molecule is O=C(Cc1ccc2c(c1)OCO2)N1CCCC(O)C1.O=C(O)Cc1ccc2c(c1)OCO2.OC1CCCNC1. The lowest BCUT2D eigenvalue weighted by molar-refractivity contribution is -0.136. The van der Waals surface area contributed by atoms with E-state index in [1.807, 2.05) is 18.2 Å². The summed E-state index contributed by atoms with van der Waals surface area (Å²) in [6.45, 7) is 3.51. The molecule has 0 radical (unpaired) electrons. The Bertz CT molecular complexity index is 1120. The Labute approximate surface area is 227 Å². The lowest BCUT2D eigenvalue weighted by atomic mass is 10.1. The molecule has 2 aromatic rings. The third kappa shape index (κ3) is 8.74. The number of aliphatic hydroxyl groups excluding tert-OH is 2. The topological polar surface area (TPSA) is 147 Å². The first-order valence-electron chi connectivity index (χ1n) is 13.2. The molecule has 0 aliphatic carbocycles. The molecule has 2 atom stereocenters. The number of fused-ring (bicyclic) bond motifs is 2. The number of β-amino-alcohol motifs (C(OH)–C–C–N with tert-alkyl or cyclic N) is 2. The number of benzene rings is 2. The van der Waals surface area contributed by atoms with Crippen molar-refractivity contribution in [3.05, 3.63) is 47.5 Å². The van der Waals surface area contributed by atoms with Gasteiger partial charge in [-0.05, 0) is 67.6 Å². The normalized spacial score (nSPS) is 20.7. The Morgan fingerprint density at radius 2 is 1.41 bits per heavy atom. The van der Waals surface area contributed by atoms with Crippen LogP contribution in [0.1, 0.15) is 36.8 Å². The highest BCUT2D eigenvalue weighted by Crippen LogP contribution is 2.33. The molecular formula is C28H36N2O9. The van der Waals surface area contributed by atoms with E-state index < -0.39 is 5.97 Å². The fourth-order valence-electron chi connectivity index (χ4n) is 4.58. The molecule has 2 aromatic carbocycles. The van der Waals surface area contributed by atoms with E-state index in [-0.39, 0.29) is 38.1 Å². The van der Waals surface area contributed by atoms with Gasteiger partial charge in [0.05, 0.1) is 25.0 Å². The lowest BCUT2D eigenvalue weighted by Gasteiger charge is -2.30. The summed E-state index contributed by atoms with van der Waals surface area (Å²) in [6, 6.07) is 10.7. The number of rotatable bonds is 4. The quantitative estimate of drug-likeness (QED) is 0.449. The second-order valence-electron chi connectivity index (χ2n) is 9.76. The van der Waals surface area contributed by atoms with Gasteiger partial charge in [0.15, 0.2) is 23.0 Å². The van der Waals surface area contributed by atoms with Crippen LogP contribution in [0.15, 0.2) is 36.4 Å². The zero-order valence-corrected chi connectivity index (χ0v) is 21.8. The number of hydrogen-bond acceptors (Lipinski definition) is 9. The van der Waals surface area contributed by atoms with E-state index in [0.29, 0.717) is 30.2 Å². The first-order chi connectivity index (χ1) is 18.9. The number of ether oxygens (including phenoxy) is 4. The molecule has 11 heteroatoms. The fraction of sp³-hybridized carbons (Fsp3) is 0.500. The molecule has 4 heterocycles. The number of hydrogen-bond donors (Lipinski definition) is 4. The van der Waals surface area contributed by atoms with Crippen molar-refractivity contribution in [1.82, 2.24) is 10.2 Å². The smallest absolute Gasteiger partial charge is 0.307 e. The largest absolute Gasteiger partial charge is 0.481 e. The Hall–Kier alpha value is -3.54. The van der Waals surface area contributed by atoms with E-state index in [0.717, 1.165) is 62.2 Å². The van der Waals surface area contributed by atoms with Gasteiger partial charge in [0.1, 0.15) is 0 Å². The number of aliphatic carboxylic acids is 1. The molecule has 4 aliphatic heterocycles. The van der Waals surface area contributed by atoms with Crippen LogP contribution >= 0.6 is 0 Å². The van der Waals surface area contributed by atoms with Crippen LogP contribution in [0, 0.1) is 0 Å². The summed E-state index contributed by atoms with van der Waals surface area (Å²) in [5, 5.41) is 30.1. The maximum atomic E-state index is 12.2. The average Bonchev–Trinajstić information content (AvgIpc) is 3.58. The fourth-order valence-corrected chi connectivity index (χ4v) is 4.58. The van der Waals surface area contributed by atoms with Crippen molar-refractivity contribution in [2.24, 2.45) is 0 Å². The molecule has 0 saturated carbocycles. The number of likely N-dealkylation sites (tertiary alicyclic amines) is 1. The van der Waals surface area contributed by atoms with Gasteiger partial charge < -0.3 is 44.5 Å². The second kappa shape index (κ2) is 14.0. The molecule has 6 rings (SSSR count). The molecule has 212 valence electrons. The summed E-state index contributed by atoms with van der Waals surface area (Å²) in [5.41, 5.74) is 1.63. The molecular weight excluding hydrogens is 508 g/mol. The number of carbonyl (C=O) groups excluding carboxylic acids is 1. The standard InChI is InChI=1S/C14H17NO4.C9H8O4.C5H11NO/c16-11-2-1-5-15(8-11)14(17)7-10-3-4-12-13(6-10)19-9-18-12;10-9(11)4-6-1-2-7-8(3-6)13-5-12-7;7-5-2-1-3-6-4-5/h3-4,6,11,16H,1-2,5,7-9H2;1-3H,4-5H2,(H,10,11);5-7H,1-4H2. The van der Waals surface area contributed by atoms with Gasteiger partial charge in [-0.25, -0.2) is 0 Å². The molecule has 11 nitrogen and oxygen atoms in total. The Morgan fingerprint density at radius 1 is 0.821 bits per heavy atom. The molecule has 39 heavy (non-hydrogen) atoms. The zero-order chi connectivity index (χ0) is 27.6. The van der Waals surface area contributed by atoms with Gasteiger partial charge in [-0.1, -0.05) is 12.1 Å². The monoisotopic (exact) mass is 544 g/mol. The van der Waals surface area contributed by atoms with Crippen LogP contribution in [0.25, 0.3) is 0 Å². The number of carbonyl (C=O) groups is 2. The molecule has 2 saturated heterocycles. The molecule has 0 aromatic heterocycles. The highest BCUT2D eigenvalue weighted by atomic mass is 16.7. The van der Waals surface area contributed by atoms with Gasteiger partial charge in [0, 0.05) is 19.6 Å². The number of piperidine rings is 2. The van der Waals surface area contributed by atoms with Crippen LogP contribution in [0.3, 0.4) is 0 Å². The van der Waals surface area contributed by atoms with Crippen LogP contribution in [-0.4, -0.2) is 84.1 Å². The van der Waals surface area contributed by atoms with Crippen LogP contribution < -0.4 is 24.3 Å². The number of aliphatic hydroxyl groups is 2. The van der Waals surface area contributed by atoms with Gasteiger partial charge in [-0.2, -0.15) is 0 Å². The highest BCUT2D eigenvalue weighted by Gasteiger charge is 2.23. The predicted molar refractivity (Wildman–Crippen MR) is 140 cm³/mol. The van der Waals surface area contributed by atoms with E-state index in [1.54, 1.807) is 23.1 Å². The van der Waals surface area contributed by atoms with E-state index >= 15 is 0 Å². The number of amides is 1. The first-order valence-corrected chi connectivity index (χ1v) is 13.2. The Balaban J connectivity index is 0.000000152. The van der Waals surface area contributed by atoms with Crippen molar-refractivity contribution in [2.45, 2.75) is 50.7 Å². The minimum absolute atomic E-state index is 0.0106. The number of carboxylic acid groups (broad SMARTS) is 1. The number of nitrogens with zero attached hydrogens (tertiary/aromatic N) is 1. The summed E-state index contributed by atoms with van der Waals surface area (Å²) >= 11 is 0. The van der Waals surface area contributed by atoms with E-state index in [9.17, 15) is 14.7 Å². The number of nitrogens with one attached hydrogen (secondary N) is 1. The molecule has 1 amide bonds. The van der Waals surface area contributed by atoms with E-state index in [1.165, 1.54) is 0 Å². The average molecular weight is 545 g/mol. The van der Waals surface area contributed by atoms with Gasteiger partial charge >= 0.3 is 5.97 Å². The maximum Gasteiger partial charge on any atom is 0.307 e. The van der Waals surface area contributed by atoms with Crippen LogP contribution in [-0.2, 0) is 22.4 Å². The minimum Gasteiger partial charge on any atom is -0.481 e. The van der Waals surface area contributed by atoms with Gasteiger partial charge in [-0.15, -0.1) is 0 Å². The molecule has 0 spiro atoms. The lowest BCUT2D eigenvalue weighted by Crippen LogP contribution is -2.42. The highest BCUT2D eigenvalue weighted by molar-refractivity contribution is 5.79. The Kier molecular flexibility index (Phi) is 10.2. The van der Waals surface area contributed by atoms with Crippen molar-refractivity contribution in [1.29, 1.82) is 0 Å². The molecule has 2 fully saturated rings. The van der Waals surface area contributed by atoms with Crippen molar-refractivity contribution in [3.8, 4) is 23.0 Å². The number of carboxylic acids is 1. The van der Waals surface area contributed by atoms with Gasteiger partial charge in [0.25, 0.3) is 0 Å². The molecule has 2 unspecified atom stereocenters. The third-order valence-electron chi connectivity index (χ3n) is 6.60. The summed E-state index contributed by atoms with van der Waals surface area (Å²) < 4.78 is 20.7.